The van der Waals surface area contributed by atoms with E-state index in [1.165, 1.54) is 0 Å². The number of fused-ring (bicyclic) bond motifs is 1. The Morgan fingerprint density at radius 3 is 3.00 bits per heavy atom. The van der Waals surface area contributed by atoms with E-state index in [2.05, 4.69) is 15.3 Å². The third kappa shape index (κ3) is 1.61. The van der Waals surface area contributed by atoms with E-state index in [-0.39, 0.29) is 0 Å². The molecule has 17 heavy (non-hydrogen) atoms. The predicted octanol–water partition coefficient (Wildman–Crippen LogP) is 1.82. The molecule has 3 aromatic rings. The van der Waals surface area contributed by atoms with Crippen LogP contribution in [0.1, 0.15) is 0 Å². The monoisotopic (exact) mass is 226 g/mol. The van der Waals surface area contributed by atoms with Crippen molar-refractivity contribution in [3.8, 4) is 11.4 Å². The predicted molar refractivity (Wildman–Crippen MR) is 63.2 cm³/mol. The maximum Gasteiger partial charge on any atom is 0.183 e. The summed E-state index contributed by atoms with van der Waals surface area (Å²) in [5.41, 5.74) is 2.39. The van der Waals surface area contributed by atoms with Crippen LogP contribution in [0.2, 0.25) is 0 Å². The number of nitrogens with zero attached hydrogens (tertiary/aromatic N) is 4. The minimum Gasteiger partial charge on any atom is -0.497 e. The van der Waals surface area contributed by atoms with Gasteiger partial charge in [0.2, 0.25) is 0 Å². The average molecular weight is 226 g/mol. The second-order valence-electron chi connectivity index (χ2n) is 3.55. The number of rotatable bonds is 2. The molecule has 0 bridgehead atoms. The Morgan fingerprint density at radius 1 is 1.18 bits per heavy atom. The molecule has 0 aliphatic rings. The zero-order valence-electron chi connectivity index (χ0n) is 9.24. The van der Waals surface area contributed by atoms with E-state index in [0.717, 1.165) is 22.6 Å². The number of pyridine rings is 1. The molecule has 0 saturated carbocycles. The summed E-state index contributed by atoms with van der Waals surface area (Å²) in [7, 11) is 1.64. The molecule has 5 heteroatoms. The van der Waals surface area contributed by atoms with Crippen molar-refractivity contribution in [3.05, 3.63) is 42.6 Å². The van der Waals surface area contributed by atoms with Gasteiger partial charge in [-0.25, -0.2) is 4.98 Å². The zero-order chi connectivity index (χ0) is 11.7. The molecule has 0 saturated heterocycles. The maximum absolute atomic E-state index is 5.18. The average Bonchev–Trinajstić information content (AvgIpc) is 2.82. The molecule has 0 aliphatic carbocycles. The molecule has 0 radical (unpaired) electrons. The number of ether oxygens (including phenoxy) is 1. The van der Waals surface area contributed by atoms with Gasteiger partial charge < -0.3 is 4.74 Å². The normalized spacial score (nSPS) is 10.6. The summed E-state index contributed by atoms with van der Waals surface area (Å²) >= 11 is 0. The van der Waals surface area contributed by atoms with Gasteiger partial charge in [0, 0.05) is 12.3 Å². The van der Waals surface area contributed by atoms with E-state index in [0.29, 0.717) is 0 Å². The fourth-order valence-electron chi connectivity index (χ4n) is 1.68. The first-order valence-corrected chi connectivity index (χ1v) is 5.19. The van der Waals surface area contributed by atoms with Crippen molar-refractivity contribution in [3.63, 3.8) is 0 Å². The highest BCUT2D eigenvalue weighted by molar-refractivity contribution is 5.71. The quantitative estimate of drug-likeness (QED) is 0.668. The summed E-state index contributed by atoms with van der Waals surface area (Å²) in [5.74, 6) is 0.780. The van der Waals surface area contributed by atoms with Crippen molar-refractivity contribution in [1.29, 1.82) is 0 Å². The fraction of sp³-hybridized carbons (Fsp3) is 0.0833. The highest BCUT2D eigenvalue weighted by atomic mass is 16.5. The first-order valence-electron chi connectivity index (χ1n) is 5.19. The van der Waals surface area contributed by atoms with Crippen molar-refractivity contribution in [2.75, 3.05) is 7.11 Å². The van der Waals surface area contributed by atoms with Gasteiger partial charge in [-0.3, -0.25) is 0 Å². The Balaban J connectivity index is 2.20. The summed E-state index contributed by atoms with van der Waals surface area (Å²) in [6, 6.07) is 11.3. The lowest BCUT2D eigenvalue weighted by atomic mass is 10.3. The summed E-state index contributed by atoms with van der Waals surface area (Å²) < 4.78 is 6.88. The van der Waals surface area contributed by atoms with E-state index in [4.69, 9.17) is 4.74 Å². The van der Waals surface area contributed by atoms with Crippen LogP contribution in [0.25, 0.3) is 16.9 Å². The minimum atomic E-state index is 0.737. The van der Waals surface area contributed by atoms with Crippen LogP contribution in [0.4, 0.5) is 0 Å². The first-order chi connectivity index (χ1) is 8.38. The smallest absolute Gasteiger partial charge is 0.183 e. The molecule has 0 atom stereocenters. The number of methoxy groups -OCH3 is 1. The highest BCUT2D eigenvalue weighted by Crippen LogP contribution is 2.18. The van der Waals surface area contributed by atoms with Crippen LogP contribution < -0.4 is 4.74 Å². The topological polar surface area (TPSA) is 52.8 Å². The number of aromatic nitrogens is 4. The summed E-state index contributed by atoms with van der Waals surface area (Å²) in [4.78, 5) is 4.27. The van der Waals surface area contributed by atoms with Gasteiger partial charge in [-0.15, -0.1) is 5.10 Å². The lowest BCUT2D eigenvalue weighted by molar-refractivity contribution is 0.414. The van der Waals surface area contributed by atoms with Gasteiger partial charge in [0.25, 0.3) is 0 Å². The number of benzene rings is 1. The first kappa shape index (κ1) is 9.77. The molecule has 0 N–H and O–H groups in total. The Kier molecular flexibility index (Phi) is 2.22. The molecule has 0 fully saturated rings. The molecule has 1 aromatic carbocycles. The van der Waals surface area contributed by atoms with Crippen LogP contribution in [-0.2, 0) is 0 Å². The number of hydrogen-bond donors (Lipinski definition) is 0. The molecule has 0 amide bonds. The lowest BCUT2D eigenvalue weighted by Gasteiger charge is -2.03. The third-order valence-corrected chi connectivity index (χ3v) is 2.51. The second kappa shape index (κ2) is 3.86. The molecule has 2 heterocycles. The molecular formula is C12H10N4O. The lowest BCUT2D eigenvalue weighted by Crippen LogP contribution is -1.98. The van der Waals surface area contributed by atoms with Gasteiger partial charge in [-0.2, -0.15) is 4.68 Å². The SMILES string of the molecule is COc1cccc(-n2nnc3cccnc32)c1. The van der Waals surface area contributed by atoms with Crippen LogP contribution in [0.5, 0.6) is 5.75 Å². The zero-order valence-corrected chi connectivity index (χ0v) is 9.24. The van der Waals surface area contributed by atoms with Gasteiger partial charge in [-0.1, -0.05) is 11.3 Å². The van der Waals surface area contributed by atoms with E-state index < -0.39 is 0 Å². The molecule has 3 rings (SSSR count). The molecular weight excluding hydrogens is 216 g/mol. The highest BCUT2D eigenvalue weighted by Gasteiger charge is 2.07. The maximum atomic E-state index is 5.18. The second-order valence-corrected chi connectivity index (χ2v) is 3.55. The van der Waals surface area contributed by atoms with Crippen LogP contribution in [0.15, 0.2) is 42.6 Å². The van der Waals surface area contributed by atoms with Gasteiger partial charge in [-0.05, 0) is 24.3 Å². The van der Waals surface area contributed by atoms with E-state index >= 15 is 0 Å². The van der Waals surface area contributed by atoms with Crippen LogP contribution in [-0.4, -0.2) is 27.1 Å². The Bertz CT molecular complexity index is 662. The molecule has 84 valence electrons. The van der Waals surface area contributed by atoms with Crippen LogP contribution in [0, 0.1) is 0 Å². The van der Waals surface area contributed by atoms with Gasteiger partial charge >= 0.3 is 0 Å². The van der Waals surface area contributed by atoms with Gasteiger partial charge in [0.05, 0.1) is 12.8 Å². The fourth-order valence-corrected chi connectivity index (χ4v) is 1.68. The Morgan fingerprint density at radius 2 is 2.12 bits per heavy atom. The minimum absolute atomic E-state index is 0.737. The molecule has 0 spiro atoms. The molecule has 0 unspecified atom stereocenters. The number of hydrogen-bond acceptors (Lipinski definition) is 4. The van der Waals surface area contributed by atoms with E-state index in [9.17, 15) is 0 Å². The van der Waals surface area contributed by atoms with Crippen LogP contribution >= 0.6 is 0 Å². The summed E-state index contributed by atoms with van der Waals surface area (Å²) in [5, 5.41) is 8.15. The van der Waals surface area contributed by atoms with Crippen molar-refractivity contribution < 1.29 is 4.74 Å². The van der Waals surface area contributed by atoms with Crippen molar-refractivity contribution in [1.82, 2.24) is 20.0 Å². The largest absolute Gasteiger partial charge is 0.497 e. The Labute approximate surface area is 97.7 Å². The third-order valence-electron chi connectivity index (χ3n) is 2.51. The van der Waals surface area contributed by atoms with Crippen molar-refractivity contribution in [2.45, 2.75) is 0 Å². The van der Waals surface area contributed by atoms with E-state index in [1.807, 2.05) is 36.4 Å². The van der Waals surface area contributed by atoms with E-state index in [1.54, 1.807) is 18.0 Å². The molecule has 0 aliphatic heterocycles. The Hall–Kier alpha value is -2.43. The standard InChI is InChI=1S/C12H10N4O/c1-17-10-5-2-4-9(8-10)16-12-11(14-15-16)6-3-7-13-12/h2-8H,1H3. The van der Waals surface area contributed by atoms with Crippen LogP contribution in [0.3, 0.4) is 0 Å². The summed E-state index contributed by atoms with van der Waals surface area (Å²) in [6.07, 6.45) is 1.72. The van der Waals surface area contributed by atoms with Crippen molar-refractivity contribution in [2.24, 2.45) is 0 Å². The van der Waals surface area contributed by atoms with Crippen molar-refractivity contribution >= 4 is 11.2 Å². The molecule has 5 nitrogen and oxygen atoms in total. The van der Waals surface area contributed by atoms with Gasteiger partial charge in [0.15, 0.2) is 5.65 Å². The van der Waals surface area contributed by atoms with Gasteiger partial charge in [0.1, 0.15) is 11.3 Å². The molecule has 2 aromatic heterocycles. The summed E-state index contributed by atoms with van der Waals surface area (Å²) in [6.45, 7) is 0.